The van der Waals surface area contributed by atoms with Gasteiger partial charge >= 0.3 is 0 Å². The molecule has 1 fully saturated rings. The molecule has 0 N–H and O–H groups in total. The predicted molar refractivity (Wildman–Crippen MR) is 85.1 cm³/mol. The van der Waals surface area contributed by atoms with Gasteiger partial charge in [0.2, 0.25) is 5.91 Å². The van der Waals surface area contributed by atoms with E-state index in [0.29, 0.717) is 17.9 Å². The van der Waals surface area contributed by atoms with Gasteiger partial charge in [-0.1, -0.05) is 10.3 Å². The van der Waals surface area contributed by atoms with Crippen molar-refractivity contribution in [2.45, 2.75) is 26.7 Å². The fraction of sp³-hybridized carbons (Fsp3) is 0.500. The molecule has 122 valence electrons. The van der Waals surface area contributed by atoms with Crippen LogP contribution in [-0.2, 0) is 11.2 Å². The van der Waals surface area contributed by atoms with E-state index in [1.807, 2.05) is 23.4 Å². The van der Waals surface area contributed by atoms with E-state index in [1.165, 1.54) is 5.69 Å². The highest BCUT2D eigenvalue weighted by Crippen LogP contribution is 2.20. The Labute approximate surface area is 135 Å². The summed E-state index contributed by atoms with van der Waals surface area (Å²) in [4.78, 5) is 20.8. The summed E-state index contributed by atoms with van der Waals surface area (Å²) in [7, 11) is 0. The number of hydrogen-bond acceptors (Lipinski definition) is 6. The van der Waals surface area contributed by atoms with Crippen LogP contribution in [0.1, 0.15) is 23.4 Å². The van der Waals surface area contributed by atoms with Crippen molar-refractivity contribution in [1.29, 1.82) is 0 Å². The van der Waals surface area contributed by atoms with E-state index in [4.69, 9.17) is 0 Å². The minimum Gasteiger partial charge on any atom is -0.369 e. The van der Waals surface area contributed by atoms with Gasteiger partial charge < -0.3 is 9.80 Å². The number of carbonyl (C=O) groups excluding carboxylic acids is 1. The first-order valence-corrected chi connectivity index (χ1v) is 7.86. The van der Waals surface area contributed by atoms with Crippen molar-refractivity contribution in [3.8, 4) is 0 Å². The lowest BCUT2D eigenvalue weighted by atomic mass is 10.2. The minimum atomic E-state index is 0.0806. The third-order valence-electron chi connectivity index (χ3n) is 4.25. The van der Waals surface area contributed by atoms with Gasteiger partial charge in [0.05, 0.1) is 6.42 Å². The minimum absolute atomic E-state index is 0.0806. The molecule has 0 saturated carbocycles. The second-order valence-electron chi connectivity index (χ2n) is 5.86. The smallest absolute Gasteiger partial charge is 0.228 e. The molecular weight excluding hydrogens is 294 g/mol. The van der Waals surface area contributed by atoms with E-state index in [-0.39, 0.29) is 12.3 Å². The summed E-state index contributed by atoms with van der Waals surface area (Å²) in [5.74, 6) is 0.0806. The number of amides is 1. The molecule has 0 aliphatic carbocycles. The fourth-order valence-electron chi connectivity index (χ4n) is 2.89. The first-order chi connectivity index (χ1) is 11.1. The van der Waals surface area contributed by atoms with E-state index in [2.05, 4.69) is 31.7 Å². The molecule has 23 heavy (non-hydrogen) atoms. The Bertz CT molecular complexity index is 685. The zero-order valence-corrected chi connectivity index (χ0v) is 13.5. The quantitative estimate of drug-likeness (QED) is 0.851. The molecule has 7 nitrogen and oxygen atoms in total. The number of hydrogen-bond donors (Lipinski definition) is 0. The van der Waals surface area contributed by atoms with E-state index < -0.39 is 0 Å². The molecule has 1 amide bonds. The van der Waals surface area contributed by atoms with Crippen LogP contribution in [0.3, 0.4) is 0 Å². The van der Waals surface area contributed by atoms with Crippen molar-refractivity contribution in [2.24, 2.45) is 0 Å². The molecule has 0 bridgehead atoms. The Hall–Kier alpha value is -2.44. The average molecular weight is 315 g/mol. The molecule has 2 aromatic rings. The first-order valence-electron chi connectivity index (χ1n) is 7.86. The summed E-state index contributed by atoms with van der Waals surface area (Å²) >= 11 is 0. The molecule has 0 aromatic carbocycles. The highest BCUT2D eigenvalue weighted by atomic mass is 16.6. The molecule has 7 heteroatoms. The van der Waals surface area contributed by atoms with Gasteiger partial charge in [-0.05, 0) is 31.9 Å². The van der Waals surface area contributed by atoms with Crippen molar-refractivity contribution in [3.63, 3.8) is 0 Å². The number of carbonyl (C=O) groups is 1. The van der Waals surface area contributed by atoms with Crippen molar-refractivity contribution < 1.29 is 9.42 Å². The standard InChI is InChI=1S/C16H21N5O2/c1-12-11-17-5-4-15(12)20-6-3-7-21(9-8-20)16(22)10-14-13(2)18-23-19-14/h4-5,11H,3,6-10H2,1-2H3. The van der Waals surface area contributed by atoms with Crippen molar-refractivity contribution in [2.75, 3.05) is 31.1 Å². The topological polar surface area (TPSA) is 75.4 Å². The SMILES string of the molecule is Cc1cnccc1N1CCCN(C(=O)Cc2nonc2C)CC1. The largest absolute Gasteiger partial charge is 0.369 e. The Kier molecular flexibility index (Phi) is 4.55. The average Bonchev–Trinajstić information content (AvgIpc) is 2.81. The maximum Gasteiger partial charge on any atom is 0.228 e. The van der Waals surface area contributed by atoms with Gasteiger partial charge in [0.25, 0.3) is 0 Å². The third-order valence-corrected chi connectivity index (χ3v) is 4.25. The molecule has 1 aliphatic rings. The van der Waals surface area contributed by atoms with Gasteiger partial charge in [-0.25, -0.2) is 4.63 Å². The van der Waals surface area contributed by atoms with Crippen molar-refractivity contribution in [3.05, 3.63) is 35.4 Å². The summed E-state index contributed by atoms with van der Waals surface area (Å²) < 4.78 is 4.66. The highest BCUT2D eigenvalue weighted by molar-refractivity contribution is 5.78. The van der Waals surface area contributed by atoms with E-state index in [1.54, 1.807) is 6.92 Å². The van der Waals surface area contributed by atoms with Crippen LogP contribution in [0.2, 0.25) is 0 Å². The van der Waals surface area contributed by atoms with E-state index >= 15 is 0 Å². The van der Waals surface area contributed by atoms with Crippen molar-refractivity contribution in [1.82, 2.24) is 20.2 Å². The second-order valence-corrected chi connectivity index (χ2v) is 5.86. The molecule has 0 atom stereocenters. The van der Waals surface area contributed by atoms with Crippen LogP contribution in [0.25, 0.3) is 0 Å². The molecule has 1 saturated heterocycles. The van der Waals surface area contributed by atoms with Gasteiger partial charge in [0.15, 0.2) is 0 Å². The van der Waals surface area contributed by atoms with Gasteiger partial charge in [0, 0.05) is 44.3 Å². The maximum absolute atomic E-state index is 12.5. The van der Waals surface area contributed by atoms with Crippen LogP contribution in [0.15, 0.2) is 23.1 Å². The van der Waals surface area contributed by atoms with Crippen LogP contribution < -0.4 is 4.90 Å². The number of rotatable bonds is 3. The van der Waals surface area contributed by atoms with Crippen LogP contribution in [-0.4, -0.2) is 52.3 Å². The number of anilines is 1. The highest BCUT2D eigenvalue weighted by Gasteiger charge is 2.21. The maximum atomic E-state index is 12.5. The third kappa shape index (κ3) is 3.49. The molecule has 2 aromatic heterocycles. The Morgan fingerprint density at radius 3 is 2.83 bits per heavy atom. The monoisotopic (exact) mass is 315 g/mol. The molecule has 0 unspecified atom stereocenters. The Morgan fingerprint density at radius 2 is 2.09 bits per heavy atom. The van der Waals surface area contributed by atoms with Gasteiger partial charge in [-0.2, -0.15) is 0 Å². The molecule has 1 aliphatic heterocycles. The number of pyridine rings is 1. The predicted octanol–water partition coefficient (Wildman–Crippen LogP) is 1.36. The summed E-state index contributed by atoms with van der Waals surface area (Å²) in [5, 5.41) is 7.52. The Balaban J connectivity index is 1.63. The molecular formula is C16H21N5O2. The lowest BCUT2D eigenvalue weighted by Gasteiger charge is -2.25. The van der Waals surface area contributed by atoms with E-state index in [0.717, 1.165) is 31.6 Å². The van der Waals surface area contributed by atoms with Gasteiger partial charge in [-0.3, -0.25) is 9.78 Å². The lowest BCUT2D eigenvalue weighted by Crippen LogP contribution is -2.36. The normalized spacial score (nSPS) is 15.6. The number of aromatic nitrogens is 3. The number of aryl methyl sites for hydroxylation is 2. The van der Waals surface area contributed by atoms with Crippen molar-refractivity contribution >= 4 is 11.6 Å². The zero-order chi connectivity index (χ0) is 16.2. The van der Waals surface area contributed by atoms with E-state index in [9.17, 15) is 4.79 Å². The van der Waals surface area contributed by atoms with Crippen LogP contribution >= 0.6 is 0 Å². The van der Waals surface area contributed by atoms with Crippen LogP contribution in [0.4, 0.5) is 5.69 Å². The molecule has 3 heterocycles. The number of nitrogens with zero attached hydrogens (tertiary/aromatic N) is 5. The van der Waals surface area contributed by atoms with Gasteiger partial charge in [0.1, 0.15) is 11.4 Å². The van der Waals surface area contributed by atoms with Gasteiger partial charge in [-0.15, -0.1) is 0 Å². The fourth-order valence-corrected chi connectivity index (χ4v) is 2.89. The summed E-state index contributed by atoms with van der Waals surface area (Å²) in [6.45, 7) is 7.12. The molecule has 0 radical (unpaired) electrons. The first kappa shape index (κ1) is 15.5. The molecule has 0 spiro atoms. The summed E-state index contributed by atoms with van der Waals surface area (Å²) in [6, 6.07) is 2.04. The summed E-state index contributed by atoms with van der Waals surface area (Å²) in [5.41, 5.74) is 3.67. The lowest BCUT2D eigenvalue weighted by molar-refractivity contribution is -0.130. The molecule has 3 rings (SSSR count). The summed E-state index contributed by atoms with van der Waals surface area (Å²) in [6.07, 6.45) is 4.90. The zero-order valence-electron chi connectivity index (χ0n) is 13.5. The Morgan fingerprint density at radius 1 is 1.22 bits per heavy atom. The second kappa shape index (κ2) is 6.76. The van der Waals surface area contributed by atoms with Crippen LogP contribution in [0.5, 0.6) is 0 Å². The van der Waals surface area contributed by atoms with Crippen LogP contribution in [0, 0.1) is 13.8 Å².